The fraction of sp³-hybridized carbons (Fsp3) is 0.833. The Hall–Kier alpha value is -1.14. The fourth-order valence-corrected chi connectivity index (χ4v) is 1.35. The molecule has 6 heteroatoms. The van der Waals surface area contributed by atoms with Crippen molar-refractivity contribution in [2.45, 2.75) is 32.7 Å². The average Bonchev–Trinajstić information content (AvgIpc) is 2.31. The van der Waals surface area contributed by atoms with E-state index in [1.54, 1.807) is 14.0 Å². The monoisotopic (exact) mass is 259 g/mol. The number of hydrogen-bond acceptors (Lipinski definition) is 4. The molecular formula is C12H25N3O3. The molecule has 0 bridgehead atoms. The Labute approximate surface area is 109 Å². The second kappa shape index (κ2) is 8.05. The molecule has 1 atom stereocenters. The number of hydrogen-bond donors (Lipinski definition) is 3. The van der Waals surface area contributed by atoms with Crippen LogP contribution in [0.5, 0.6) is 0 Å². The molecule has 0 aromatic rings. The van der Waals surface area contributed by atoms with E-state index in [0.29, 0.717) is 13.2 Å². The van der Waals surface area contributed by atoms with Crippen LogP contribution in [0.3, 0.4) is 0 Å². The van der Waals surface area contributed by atoms with Crippen molar-refractivity contribution in [3.63, 3.8) is 0 Å². The normalized spacial score (nSPS) is 14.3. The maximum absolute atomic E-state index is 11.5. The summed E-state index contributed by atoms with van der Waals surface area (Å²) in [5.74, 6) is -0.597. The summed E-state index contributed by atoms with van der Waals surface area (Å²) in [5, 5.41) is 5.65. The van der Waals surface area contributed by atoms with E-state index in [9.17, 15) is 9.59 Å². The zero-order valence-corrected chi connectivity index (χ0v) is 11.7. The molecule has 0 aliphatic carbocycles. The van der Waals surface area contributed by atoms with Gasteiger partial charge in [-0.2, -0.15) is 0 Å². The lowest BCUT2D eigenvalue weighted by Crippen LogP contribution is -2.58. The van der Waals surface area contributed by atoms with E-state index in [1.807, 2.05) is 13.8 Å². The fourth-order valence-electron chi connectivity index (χ4n) is 1.35. The topological polar surface area (TPSA) is 93.4 Å². The van der Waals surface area contributed by atoms with Gasteiger partial charge in [-0.15, -0.1) is 0 Å². The lowest BCUT2D eigenvalue weighted by Gasteiger charge is -2.31. The van der Waals surface area contributed by atoms with Crippen LogP contribution in [-0.2, 0) is 14.3 Å². The van der Waals surface area contributed by atoms with Crippen molar-refractivity contribution in [3.8, 4) is 0 Å². The van der Waals surface area contributed by atoms with Crippen LogP contribution < -0.4 is 16.4 Å². The molecule has 0 aromatic carbocycles. The van der Waals surface area contributed by atoms with E-state index in [-0.39, 0.29) is 18.4 Å². The number of carbonyl (C=O) groups is 2. The zero-order chi connectivity index (χ0) is 14.2. The van der Waals surface area contributed by atoms with E-state index in [1.165, 1.54) is 0 Å². The Balaban J connectivity index is 4.06. The van der Waals surface area contributed by atoms with Crippen LogP contribution >= 0.6 is 0 Å². The van der Waals surface area contributed by atoms with Crippen LogP contribution in [0.2, 0.25) is 0 Å². The van der Waals surface area contributed by atoms with Crippen molar-refractivity contribution in [1.29, 1.82) is 0 Å². The van der Waals surface area contributed by atoms with Crippen LogP contribution in [0, 0.1) is 5.92 Å². The van der Waals surface area contributed by atoms with E-state index >= 15 is 0 Å². The first-order valence-electron chi connectivity index (χ1n) is 6.15. The van der Waals surface area contributed by atoms with E-state index in [0.717, 1.165) is 6.42 Å². The summed E-state index contributed by atoms with van der Waals surface area (Å²) in [6.45, 7) is 6.72. The maximum atomic E-state index is 11.5. The zero-order valence-electron chi connectivity index (χ0n) is 11.7. The van der Waals surface area contributed by atoms with Crippen molar-refractivity contribution in [2.75, 3.05) is 26.8 Å². The van der Waals surface area contributed by atoms with Gasteiger partial charge in [0.25, 0.3) is 0 Å². The van der Waals surface area contributed by atoms with Crippen LogP contribution in [0.25, 0.3) is 0 Å². The molecule has 106 valence electrons. The molecule has 0 aliphatic rings. The third kappa shape index (κ3) is 5.46. The summed E-state index contributed by atoms with van der Waals surface area (Å²) in [6.07, 6.45) is 0.763. The van der Waals surface area contributed by atoms with Gasteiger partial charge in [0.15, 0.2) is 0 Å². The minimum Gasteiger partial charge on any atom is -0.385 e. The molecule has 0 rings (SSSR count). The molecular weight excluding hydrogens is 234 g/mol. The lowest BCUT2D eigenvalue weighted by atomic mass is 9.87. The van der Waals surface area contributed by atoms with Crippen LogP contribution in [-0.4, -0.2) is 44.2 Å². The van der Waals surface area contributed by atoms with Crippen molar-refractivity contribution in [1.82, 2.24) is 10.6 Å². The van der Waals surface area contributed by atoms with Crippen LogP contribution in [0.4, 0.5) is 0 Å². The van der Waals surface area contributed by atoms with Crippen molar-refractivity contribution >= 4 is 11.8 Å². The van der Waals surface area contributed by atoms with E-state index in [2.05, 4.69) is 10.6 Å². The van der Waals surface area contributed by atoms with Gasteiger partial charge in [-0.3, -0.25) is 14.9 Å². The maximum Gasteiger partial charge on any atom is 0.237 e. The van der Waals surface area contributed by atoms with Crippen LogP contribution in [0.15, 0.2) is 0 Å². The van der Waals surface area contributed by atoms with Crippen molar-refractivity contribution < 1.29 is 14.3 Å². The van der Waals surface area contributed by atoms with E-state index < -0.39 is 11.4 Å². The van der Waals surface area contributed by atoms with Gasteiger partial charge in [0.05, 0.1) is 12.1 Å². The summed E-state index contributed by atoms with van der Waals surface area (Å²) in [5.41, 5.74) is 4.48. The SMILES string of the molecule is COCCCNC(=O)CNC(C)(C(N)=O)C(C)C. The van der Waals surface area contributed by atoms with Gasteiger partial charge < -0.3 is 15.8 Å². The number of ether oxygens (including phenoxy) is 1. The second-order valence-electron chi connectivity index (χ2n) is 4.77. The smallest absolute Gasteiger partial charge is 0.237 e. The van der Waals surface area contributed by atoms with Gasteiger partial charge in [0, 0.05) is 20.3 Å². The number of primary amides is 1. The Kier molecular flexibility index (Phi) is 7.54. The van der Waals surface area contributed by atoms with Gasteiger partial charge in [-0.1, -0.05) is 13.8 Å². The first-order valence-corrected chi connectivity index (χ1v) is 6.15. The first-order chi connectivity index (χ1) is 8.34. The summed E-state index contributed by atoms with van der Waals surface area (Å²) in [6, 6.07) is 0. The minimum atomic E-state index is -0.871. The van der Waals surface area contributed by atoms with Crippen molar-refractivity contribution in [3.05, 3.63) is 0 Å². The second-order valence-corrected chi connectivity index (χ2v) is 4.77. The van der Waals surface area contributed by atoms with Gasteiger partial charge in [-0.05, 0) is 19.3 Å². The van der Waals surface area contributed by atoms with Gasteiger partial charge >= 0.3 is 0 Å². The summed E-state index contributed by atoms with van der Waals surface area (Å²) in [4.78, 5) is 22.9. The molecule has 0 radical (unpaired) electrons. The molecule has 0 aromatic heterocycles. The number of nitrogens with one attached hydrogen (secondary N) is 2. The average molecular weight is 259 g/mol. The minimum absolute atomic E-state index is 0.0105. The lowest BCUT2D eigenvalue weighted by molar-refractivity contribution is -0.126. The molecule has 0 heterocycles. The third-order valence-electron chi connectivity index (χ3n) is 3.13. The first kappa shape index (κ1) is 16.9. The molecule has 0 saturated carbocycles. The highest BCUT2D eigenvalue weighted by Gasteiger charge is 2.34. The molecule has 2 amide bonds. The van der Waals surface area contributed by atoms with Gasteiger partial charge in [0.1, 0.15) is 0 Å². The predicted octanol–water partition coefficient (Wildman–Crippen LogP) is -0.371. The number of carbonyl (C=O) groups excluding carboxylic acids is 2. The van der Waals surface area contributed by atoms with Crippen molar-refractivity contribution in [2.24, 2.45) is 11.7 Å². The number of rotatable bonds is 9. The molecule has 1 unspecified atom stereocenters. The quantitative estimate of drug-likeness (QED) is 0.492. The molecule has 0 saturated heterocycles. The Morgan fingerprint density at radius 2 is 2.00 bits per heavy atom. The number of nitrogens with two attached hydrogens (primary N) is 1. The van der Waals surface area contributed by atoms with Gasteiger partial charge in [0.2, 0.25) is 11.8 Å². The molecule has 0 fully saturated rings. The van der Waals surface area contributed by atoms with E-state index in [4.69, 9.17) is 10.5 Å². The highest BCUT2D eigenvalue weighted by molar-refractivity contribution is 5.86. The standard InChI is InChI=1S/C12H25N3O3/c1-9(2)12(3,11(13)17)15-8-10(16)14-6-5-7-18-4/h9,15H,5-8H2,1-4H3,(H2,13,17)(H,14,16). The highest BCUT2D eigenvalue weighted by Crippen LogP contribution is 2.15. The predicted molar refractivity (Wildman–Crippen MR) is 69.9 cm³/mol. The molecule has 18 heavy (non-hydrogen) atoms. The molecule has 4 N–H and O–H groups in total. The summed E-state index contributed by atoms with van der Waals surface area (Å²) >= 11 is 0. The molecule has 0 aliphatic heterocycles. The highest BCUT2D eigenvalue weighted by atomic mass is 16.5. The summed E-state index contributed by atoms with van der Waals surface area (Å²) < 4.78 is 4.87. The molecule has 6 nitrogen and oxygen atoms in total. The molecule has 0 spiro atoms. The Bertz CT molecular complexity index is 282. The number of methoxy groups -OCH3 is 1. The largest absolute Gasteiger partial charge is 0.385 e. The Morgan fingerprint density at radius 3 is 2.44 bits per heavy atom. The van der Waals surface area contributed by atoms with Crippen LogP contribution in [0.1, 0.15) is 27.2 Å². The Morgan fingerprint density at radius 1 is 1.39 bits per heavy atom. The summed E-state index contributed by atoms with van der Waals surface area (Å²) in [7, 11) is 1.62. The third-order valence-corrected chi connectivity index (χ3v) is 3.13. The number of amides is 2. The van der Waals surface area contributed by atoms with Gasteiger partial charge in [-0.25, -0.2) is 0 Å².